The zero-order valence-corrected chi connectivity index (χ0v) is 11.4. The van der Waals surface area contributed by atoms with Crippen LogP contribution in [0.5, 0.6) is 11.5 Å². The van der Waals surface area contributed by atoms with Crippen molar-refractivity contribution in [1.82, 2.24) is 0 Å². The summed E-state index contributed by atoms with van der Waals surface area (Å²) in [4.78, 5) is 0. The second kappa shape index (κ2) is 5.87. The Morgan fingerprint density at radius 3 is 2.61 bits per heavy atom. The monoisotopic (exact) mass is 310 g/mol. The van der Waals surface area contributed by atoms with Gasteiger partial charge in [0, 0.05) is 10.5 Å². The Labute approximate surface area is 113 Å². The summed E-state index contributed by atoms with van der Waals surface area (Å²) in [6.07, 6.45) is 0. The van der Waals surface area contributed by atoms with Gasteiger partial charge in [-0.3, -0.25) is 0 Å². The molecule has 0 heterocycles. The third-order valence-corrected chi connectivity index (χ3v) is 2.83. The molecule has 0 radical (unpaired) electrons. The molecule has 94 valence electrons. The number of ether oxygens (including phenoxy) is 2. The van der Waals surface area contributed by atoms with E-state index < -0.39 is 0 Å². The van der Waals surface area contributed by atoms with Crippen LogP contribution in [0.25, 0.3) is 0 Å². The first-order chi connectivity index (χ1) is 8.67. The average molecular weight is 311 g/mol. The van der Waals surface area contributed by atoms with Crippen molar-refractivity contribution in [1.29, 1.82) is 0 Å². The lowest BCUT2D eigenvalue weighted by Gasteiger charge is -2.08. The van der Waals surface area contributed by atoms with Gasteiger partial charge in [-0.25, -0.2) is 4.39 Å². The number of hydrogen-bond donors (Lipinski definition) is 0. The van der Waals surface area contributed by atoms with Crippen LogP contribution >= 0.6 is 15.9 Å². The van der Waals surface area contributed by atoms with Crippen LogP contribution in [0.15, 0.2) is 46.9 Å². The minimum atomic E-state index is -0.284. The normalized spacial score (nSPS) is 10.2. The molecule has 2 aromatic rings. The summed E-state index contributed by atoms with van der Waals surface area (Å²) in [5, 5.41) is 0. The Bertz CT molecular complexity index is 523. The van der Waals surface area contributed by atoms with Crippen molar-refractivity contribution >= 4 is 15.9 Å². The van der Waals surface area contributed by atoms with Crippen LogP contribution in [-0.2, 0) is 6.61 Å². The highest BCUT2D eigenvalue weighted by Crippen LogP contribution is 2.21. The first-order valence-corrected chi connectivity index (χ1v) is 6.18. The van der Waals surface area contributed by atoms with E-state index in [-0.39, 0.29) is 5.82 Å². The molecule has 2 rings (SSSR count). The molecular formula is C14H12BrFO2. The standard InChI is InChI=1S/C14H12BrFO2/c1-17-13-3-2-4-14(8-13)18-9-10-5-11(15)7-12(16)6-10/h2-8H,9H2,1H3. The lowest BCUT2D eigenvalue weighted by Crippen LogP contribution is -1.96. The molecule has 0 amide bonds. The minimum absolute atomic E-state index is 0.284. The van der Waals surface area contributed by atoms with Crippen molar-refractivity contribution < 1.29 is 13.9 Å². The molecule has 0 bridgehead atoms. The predicted molar refractivity (Wildman–Crippen MR) is 71.4 cm³/mol. The summed E-state index contributed by atoms with van der Waals surface area (Å²) in [6.45, 7) is 0.309. The molecule has 2 nitrogen and oxygen atoms in total. The Hall–Kier alpha value is -1.55. The molecule has 0 fully saturated rings. The van der Waals surface area contributed by atoms with E-state index in [9.17, 15) is 4.39 Å². The largest absolute Gasteiger partial charge is 0.497 e. The third-order valence-electron chi connectivity index (χ3n) is 2.37. The van der Waals surface area contributed by atoms with E-state index in [2.05, 4.69) is 15.9 Å². The second-order valence-electron chi connectivity index (χ2n) is 3.75. The van der Waals surface area contributed by atoms with Gasteiger partial charge in [0.05, 0.1) is 7.11 Å². The maximum Gasteiger partial charge on any atom is 0.124 e. The molecule has 2 aromatic carbocycles. The summed E-state index contributed by atoms with van der Waals surface area (Å²) in [7, 11) is 1.60. The van der Waals surface area contributed by atoms with E-state index in [0.29, 0.717) is 16.8 Å². The molecule has 0 spiro atoms. The van der Waals surface area contributed by atoms with Gasteiger partial charge in [-0.1, -0.05) is 22.0 Å². The summed E-state index contributed by atoms with van der Waals surface area (Å²) in [5.41, 5.74) is 0.768. The van der Waals surface area contributed by atoms with E-state index in [4.69, 9.17) is 9.47 Å². The highest BCUT2D eigenvalue weighted by Gasteiger charge is 2.01. The molecule has 0 aromatic heterocycles. The van der Waals surface area contributed by atoms with Crippen molar-refractivity contribution in [3.63, 3.8) is 0 Å². The highest BCUT2D eigenvalue weighted by atomic mass is 79.9. The topological polar surface area (TPSA) is 18.5 Å². The lowest BCUT2D eigenvalue weighted by molar-refractivity contribution is 0.303. The Kier molecular flexibility index (Phi) is 4.20. The number of benzene rings is 2. The molecule has 18 heavy (non-hydrogen) atoms. The van der Waals surface area contributed by atoms with Crippen LogP contribution in [0.4, 0.5) is 4.39 Å². The van der Waals surface area contributed by atoms with Gasteiger partial charge in [-0.05, 0) is 35.9 Å². The second-order valence-corrected chi connectivity index (χ2v) is 4.66. The first kappa shape index (κ1) is 12.9. The molecule has 0 saturated carbocycles. The van der Waals surface area contributed by atoms with Crippen molar-refractivity contribution in [3.8, 4) is 11.5 Å². The molecule has 0 unspecified atom stereocenters. The van der Waals surface area contributed by atoms with Crippen LogP contribution in [0.3, 0.4) is 0 Å². The van der Waals surface area contributed by atoms with Gasteiger partial charge >= 0.3 is 0 Å². The maximum absolute atomic E-state index is 13.2. The molecule has 0 atom stereocenters. The van der Waals surface area contributed by atoms with E-state index >= 15 is 0 Å². The van der Waals surface area contributed by atoms with Crippen molar-refractivity contribution in [2.75, 3.05) is 7.11 Å². The Balaban J connectivity index is 2.06. The van der Waals surface area contributed by atoms with Crippen molar-refractivity contribution in [2.45, 2.75) is 6.61 Å². The maximum atomic E-state index is 13.2. The van der Waals surface area contributed by atoms with E-state index in [1.807, 2.05) is 24.3 Å². The van der Waals surface area contributed by atoms with Crippen LogP contribution in [0.1, 0.15) is 5.56 Å². The fourth-order valence-corrected chi connectivity index (χ4v) is 2.06. The van der Waals surface area contributed by atoms with Crippen molar-refractivity contribution in [3.05, 3.63) is 58.3 Å². The van der Waals surface area contributed by atoms with Crippen LogP contribution < -0.4 is 9.47 Å². The molecule has 0 saturated heterocycles. The Morgan fingerprint density at radius 1 is 1.11 bits per heavy atom. The number of hydrogen-bond acceptors (Lipinski definition) is 2. The van der Waals surface area contributed by atoms with Gasteiger partial charge in [0.15, 0.2) is 0 Å². The van der Waals surface area contributed by atoms with Gasteiger partial charge < -0.3 is 9.47 Å². The molecule has 0 N–H and O–H groups in total. The molecule has 0 aliphatic rings. The fourth-order valence-electron chi connectivity index (χ4n) is 1.55. The van der Waals surface area contributed by atoms with E-state index in [1.54, 1.807) is 13.2 Å². The van der Waals surface area contributed by atoms with Gasteiger partial charge in [0.2, 0.25) is 0 Å². The quantitative estimate of drug-likeness (QED) is 0.843. The minimum Gasteiger partial charge on any atom is -0.497 e. The van der Waals surface area contributed by atoms with Crippen LogP contribution in [-0.4, -0.2) is 7.11 Å². The third kappa shape index (κ3) is 3.47. The van der Waals surface area contributed by atoms with Gasteiger partial charge in [-0.2, -0.15) is 0 Å². The van der Waals surface area contributed by atoms with E-state index in [0.717, 1.165) is 11.3 Å². The lowest BCUT2D eigenvalue weighted by atomic mass is 10.2. The molecule has 4 heteroatoms. The van der Waals surface area contributed by atoms with Gasteiger partial charge in [0.25, 0.3) is 0 Å². The van der Waals surface area contributed by atoms with Crippen molar-refractivity contribution in [2.24, 2.45) is 0 Å². The number of halogens is 2. The van der Waals surface area contributed by atoms with Gasteiger partial charge in [0.1, 0.15) is 23.9 Å². The number of methoxy groups -OCH3 is 1. The predicted octanol–water partition coefficient (Wildman–Crippen LogP) is 4.18. The zero-order valence-electron chi connectivity index (χ0n) is 9.82. The first-order valence-electron chi connectivity index (χ1n) is 5.39. The summed E-state index contributed by atoms with van der Waals surface area (Å²) >= 11 is 3.25. The number of rotatable bonds is 4. The summed E-state index contributed by atoms with van der Waals surface area (Å²) < 4.78 is 24.5. The van der Waals surface area contributed by atoms with Gasteiger partial charge in [-0.15, -0.1) is 0 Å². The van der Waals surface area contributed by atoms with Crippen LogP contribution in [0, 0.1) is 5.82 Å². The Morgan fingerprint density at radius 2 is 1.89 bits per heavy atom. The fraction of sp³-hybridized carbons (Fsp3) is 0.143. The molecular weight excluding hydrogens is 299 g/mol. The highest BCUT2D eigenvalue weighted by molar-refractivity contribution is 9.10. The summed E-state index contributed by atoms with van der Waals surface area (Å²) in [5.74, 6) is 1.14. The molecule has 0 aliphatic carbocycles. The van der Waals surface area contributed by atoms with E-state index in [1.165, 1.54) is 12.1 Å². The molecule has 0 aliphatic heterocycles. The van der Waals surface area contributed by atoms with Crippen LogP contribution in [0.2, 0.25) is 0 Å². The average Bonchev–Trinajstić information content (AvgIpc) is 2.35. The summed E-state index contributed by atoms with van der Waals surface area (Å²) in [6, 6.07) is 12.0. The SMILES string of the molecule is COc1cccc(OCc2cc(F)cc(Br)c2)c1. The zero-order chi connectivity index (χ0) is 13.0. The smallest absolute Gasteiger partial charge is 0.124 e.